The standard InChI is InChI=1S/C37H36N2O3/c1-41-33-20-17-26(23-34(33)42-2)21-22-38-24-30(40)25-39-36(29-14-7-4-8-15-29)35(28-12-5-3-6-13-28)32-19-18-27-11-9-10-16-31(27)37(32)39/h3-20,23,30,38,40H,21-22,24-25H2,1-2H3/t30-/m0/s1. The lowest BCUT2D eigenvalue weighted by Gasteiger charge is -2.18. The van der Waals surface area contributed by atoms with Crippen LogP contribution in [0.3, 0.4) is 0 Å². The Labute approximate surface area is 247 Å². The van der Waals surface area contributed by atoms with E-state index in [1.807, 2.05) is 24.3 Å². The van der Waals surface area contributed by atoms with Crippen LogP contribution >= 0.6 is 0 Å². The van der Waals surface area contributed by atoms with Crippen LogP contribution < -0.4 is 14.8 Å². The molecular weight excluding hydrogens is 520 g/mol. The lowest BCUT2D eigenvalue weighted by molar-refractivity contribution is 0.154. The Balaban J connectivity index is 1.34. The van der Waals surface area contributed by atoms with Crippen molar-refractivity contribution in [3.8, 4) is 33.9 Å². The van der Waals surface area contributed by atoms with Gasteiger partial charge in [-0.05, 0) is 47.2 Å². The Hall–Kier alpha value is -4.58. The molecule has 2 N–H and O–H groups in total. The first kappa shape index (κ1) is 27.6. The molecule has 1 heterocycles. The first-order valence-corrected chi connectivity index (χ1v) is 14.4. The molecule has 0 aliphatic heterocycles. The van der Waals surface area contributed by atoms with Gasteiger partial charge in [-0.15, -0.1) is 0 Å². The zero-order chi connectivity index (χ0) is 28.9. The van der Waals surface area contributed by atoms with E-state index in [2.05, 4.69) is 101 Å². The lowest BCUT2D eigenvalue weighted by atomic mass is 9.97. The number of hydrogen-bond acceptors (Lipinski definition) is 4. The fourth-order valence-electron chi connectivity index (χ4n) is 5.91. The van der Waals surface area contributed by atoms with Gasteiger partial charge in [0.05, 0.1) is 38.1 Å². The lowest BCUT2D eigenvalue weighted by Crippen LogP contribution is -2.31. The monoisotopic (exact) mass is 556 g/mol. The van der Waals surface area contributed by atoms with Gasteiger partial charge in [-0.3, -0.25) is 0 Å². The summed E-state index contributed by atoms with van der Waals surface area (Å²) in [6, 6.07) is 40.0. The molecule has 1 aromatic heterocycles. The summed E-state index contributed by atoms with van der Waals surface area (Å²) >= 11 is 0. The number of methoxy groups -OCH3 is 2. The Bertz CT molecular complexity index is 1800. The highest BCUT2D eigenvalue weighted by Crippen LogP contribution is 2.43. The number of nitrogens with one attached hydrogen (secondary N) is 1. The molecule has 1 atom stereocenters. The van der Waals surface area contributed by atoms with Gasteiger partial charge < -0.3 is 24.5 Å². The quantitative estimate of drug-likeness (QED) is 0.164. The van der Waals surface area contributed by atoms with Gasteiger partial charge in [0.15, 0.2) is 11.5 Å². The number of hydrogen-bond donors (Lipinski definition) is 2. The van der Waals surface area contributed by atoms with Crippen molar-refractivity contribution in [2.45, 2.75) is 19.1 Å². The predicted octanol–water partition coefficient (Wildman–Crippen LogP) is 7.34. The van der Waals surface area contributed by atoms with Crippen molar-refractivity contribution in [1.29, 1.82) is 0 Å². The normalized spacial score (nSPS) is 12.1. The molecule has 6 rings (SSSR count). The average molecular weight is 557 g/mol. The van der Waals surface area contributed by atoms with Crippen LogP contribution in [0.2, 0.25) is 0 Å². The number of nitrogens with zero attached hydrogens (tertiary/aromatic N) is 1. The van der Waals surface area contributed by atoms with Crippen LogP contribution in [0.15, 0.2) is 115 Å². The third-order valence-corrected chi connectivity index (χ3v) is 7.87. The van der Waals surface area contributed by atoms with E-state index in [-0.39, 0.29) is 0 Å². The van der Waals surface area contributed by atoms with Gasteiger partial charge in [0.1, 0.15) is 0 Å². The molecular formula is C37H36N2O3. The summed E-state index contributed by atoms with van der Waals surface area (Å²) in [5.74, 6) is 1.45. The summed E-state index contributed by atoms with van der Waals surface area (Å²) in [7, 11) is 3.29. The van der Waals surface area contributed by atoms with Crippen LogP contribution in [-0.2, 0) is 13.0 Å². The van der Waals surface area contributed by atoms with Crippen molar-refractivity contribution in [2.75, 3.05) is 27.3 Å². The zero-order valence-electron chi connectivity index (χ0n) is 24.1. The number of fused-ring (bicyclic) bond motifs is 3. The number of ether oxygens (including phenoxy) is 2. The Morgan fingerprint density at radius 1 is 0.714 bits per heavy atom. The zero-order valence-corrected chi connectivity index (χ0v) is 24.1. The Morgan fingerprint density at radius 2 is 1.40 bits per heavy atom. The van der Waals surface area contributed by atoms with Crippen LogP contribution in [0.4, 0.5) is 0 Å². The van der Waals surface area contributed by atoms with E-state index in [0.29, 0.717) is 13.1 Å². The van der Waals surface area contributed by atoms with Crippen molar-refractivity contribution in [1.82, 2.24) is 9.88 Å². The molecule has 6 aromatic rings. The molecule has 212 valence electrons. The molecule has 0 saturated heterocycles. The SMILES string of the molecule is COc1ccc(CCNC[C@H](O)Cn2c(-c3ccccc3)c(-c3ccccc3)c3ccc4ccccc4c32)cc1OC. The second-order valence-electron chi connectivity index (χ2n) is 10.5. The fraction of sp³-hybridized carbons (Fsp3) is 0.189. The first-order chi connectivity index (χ1) is 20.7. The van der Waals surface area contributed by atoms with E-state index in [9.17, 15) is 5.11 Å². The van der Waals surface area contributed by atoms with Crippen molar-refractivity contribution in [3.05, 3.63) is 121 Å². The Kier molecular flexibility index (Phi) is 8.22. The van der Waals surface area contributed by atoms with Crippen LogP contribution in [0.25, 0.3) is 44.1 Å². The minimum Gasteiger partial charge on any atom is -0.493 e. The van der Waals surface area contributed by atoms with Gasteiger partial charge in [-0.1, -0.05) is 103 Å². The van der Waals surface area contributed by atoms with E-state index in [1.165, 1.54) is 21.7 Å². The molecule has 5 nitrogen and oxygen atoms in total. The summed E-state index contributed by atoms with van der Waals surface area (Å²) in [5, 5.41) is 18.4. The summed E-state index contributed by atoms with van der Waals surface area (Å²) in [4.78, 5) is 0. The summed E-state index contributed by atoms with van der Waals surface area (Å²) in [5.41, 5.74) is 6.91. The third-order valence-electron chi connectivity index (χ3n) is 7.87. The molecule has 42 heavy (non-hydrogen) atoms. The van der Waals surface area contributed by atoms with Crippen molar-refractivity contribution in [2.24, 2.45) is 0 Å². The van der Waals surface area contributed by atoms with Gasteiger partial charge in [-0.2, -0.15) is 0 Å². The molecule has 0 unspecified atom stereocenters. The Morgan fingerprint density at radius 3 is 2.14 bits per heavy atom. The molecule has 0 amide bonds. The molecule has 0 spiro atoms. The topological polar surface area (TPSA) is 55.6 Å². The molecule has 0 radical (unpaired) electrons. The summed E-state index contributed by atoms with van der Waals surface area (Å²) in [6.45, 7) is 1.68. The molecule has 0 bridgehead atoms. The molecule has 5 aromatic carbocycles. The van der Waals surface area contributed by atoms with Crippen LogP contribution in [0, 0.1) is 0 Å². The third kappa shape index (κ3) is 5.49. The van der Waals surface area contributed by atoms with Gasteiger partial charge in [0.2, 0.25) is 0 Å². The number of aliphatic hydroxyl groups is 1. The number of aromatic nitrogens is 1. The molecule has 0 fully saturated rings. The minimum atomic E-state index is -0.587. The molecule has 0 aliphatic rings. The number of benzene rings is 5. The first-order valence-electron chi connectivity index (χ1n) is 14.4. The van der Waals surface area contributed by atoms with Gasteiger partial charge >= 0.3 is 0 Å². The van der Waals surface area contributed by atoms with Gasteiger partial charge in [0.25, 0.3) is 0 Å². The highest BCUT2D eigenvalue weighted by molar-refractivity contribution is 6.15. The van der Waals surface area contributed by atoms with Crippen LogP contribution in [0.1, 0.15) is 5.56 Å². The predicted molar refractivity (Wildman–Crippen MR) is 172 cm³/mol. The van der Waals surface area contributed by atoms with Crippen molar-refractivity contribution < 1.29 is 14.6 Å². The maximum absolute atomic E-state index is 11.4. The van der Waals surface area contributed by atoms with Gasteiger partial charge in [0, 0.05) is 22.9 Å². The highest BCUT2D eigenvalue weighted by atomic mass is 16.5. The van der Waals surface area contributed by atoms with Gasteiger partial charge in [-0.25, -0.2) is 0 Å². The number of aliphatic hydroxyl groups excluding tert-OH is 1. The highest BCUT2D eigenvalue weighted by Gasteiger charge is 2.23. The second kappa shape index (κ2) is 12.5. The molecule has 0 saturated carbocycles. The van der Waals surface area contributed by atoms with Crippen LogP contribution in [0.5, 0.6) is 11.5 Å². The minimum absolute atomic E-state index is 0.463. The van der Waals surface area contributed by atoms with E-state index < -0.39 is 6.10 Å². The summed E-state index contributed by atoms with van der Waals surface area (Å²) < 4.78 is 13.1. The van der Waals surface area contributed by atoms with Crippen molar-refractivity contribution >= 4 is 21.7 Å². The maximum Gasteiger partial charge on any atom is 0.160 e. The average Bonchev–Trinajstić information content (AvgIpc) is 3.38. The summed E-state index contributed by atoms with van der Waals surface area (Å²) in [6.07, 6.45) is 0.230. The van der Waals surface area contributed by atoms with E-state index >= 15 is 0 Å². The number of rotatable bonds is 11. The van der Waals surface area contributed by atoms with Crippen molar-refractivity contribution in [3.63, 3.8) is 0 Å². The van der Waals surface area contributed by atoms with E-state index in [1.54, 1.807) is 14.2 Å². The molecule has 0 aliphatic carbocycles. The fourth-order valence-corrected chi connectivity index (χ4v) is 5.91. The molecule has 5 heteroatoms. The maximum atomic E-state index is 11.4. The largest absolute Gasteiger partial charge is 0.493 e. The van der Waals surface area contributed by atoms with Crippen LogP contribution in [-0.4, -0.2) is 43.1 Å². The second-order valence-corrected chi connectivity index (χ2v) is 10.5. The smallest absolute Gasteiger partial charge is 0.160 e. The van der Waals surface area contributed by atoms with E-state index in [0.717, 1.165) is 52.4 Å². The van der Waals surface area contributed by atoms with E-state index in [4.69, 9.17) is 9.47 Å².